The van der Waals surface area contributed by atoms with Gasteiger partial charge in [0.1, 0.15) is 0 Å². The van der Waals surface area contributed by atoms with Crippen molar-refractivity contribution in [3.63, 3.8) is 0 Å². The summed E-state index contributed by atoms with van der Waals surface area (Å²) in [6.45, 7) is 0.866. The minimum Gasteiger partial charge on any atom is -0.330 e. The highest BCUT2D eigenvalue weighted by molar-refractivity contribution is 7.51. The minimum absolute atomic E-state index is 0.0608. The molecule has 4 nitrogen and oxygen atoms in total. The Morgan fingerprint density at radius 3 is 0.571 bits per heavy atom. The van der Waals surface area contributed by atoms with Crippen LogP contribution in [0.4, 0.5) is 0 Å². The molecule has 0 saturated heterocycles. The van der Waals surface area contributed by atoms with Crippen LogP contribution in [0.25, 0.3) is 0 Å². The quantitative estimate of drug-likeness (QED) is 0.0479. The van der Waals surface area contributed by atoms with Gasteiger partial charge in [-0.25, -0.2) is 0 Å². The number of nitrogens with two attached hydrogens (primary N) is 1. The third-order valence-electron chi connectivity index (χ3n) is 9.15. The van der Waals surface area contributed by atoms with Crippen LogP contribution in [0.2, 0.25) is 0 Å². The molecule has 0 radical (unpaired) electrons. The van der Waals surface area contributed by atoms with Crippen molar-refractivity contribution in [3.05, 3.63) is 0 Å². The van der Waals surface area contributed by atoms with Crippen molar-refractivity contribution in [1.82, 2.24) is 0 Å². The molecule has 0 atom stereocenters. The first-order valence-corrected chi connectivity index (χ1v) is 21.1. The summed E-state index contributed by atoms with van der Waals surface area (Å²) in [4.78, 5) is 17.7. The lowest BCUT2D eigenvalue weighted by molar-refractivity contribution is 0.370. The number of hydrogen-bond acceptors (Lipinski definition) is 2. The molecule has 0 fully saturated rings. The van der Waals surface area contributed by atoms with E-state index in [4.69, 9.17) is 15.5 Å². The smallest absolute Gasteiger partial charge is 0.325 e. The van der Waals surface area contributed by atoms with E-state index >= 15 is 0 Å². The molecule has 0 aliphatic carbocycles. The molecule has 0 heterocycles. The van der Waals surface area contributed by atoms with Crippen molar-refractivity contribution >= 4 is 7.60 Å². The lowest BCUT2D eigenvalue weighted by atomic mass is 10.0. The van der Waals surface area contributed by atoms with Crippen LogP contribution in [0.1, 0.15) is 225 Å². The van der Waals surface area contributed by atoms with Crippen LogP contribution >= 0.6 is 7.60 Å². The second-order valence-electron chi connectivity index (χ2n) is 13.6. The molecule has 0 amide bonds. The molecule has 0 bridgehead atoms. The molecule has 0 aromatic rings. The largest absolute Gasteiger partial charge is 0.330 e. The molecule has 254 valence electrons. The summed E-state index contributed by atoms with van der Waals surface area (Å²) >= 11 is 0. The van der Waals surface area contributed by atoms with Crippen LogP contribution in [-0.2, 0) is 4.57 Å². The van der Waals surface area contributed by atoms with Crippen LogP contribution in [0.15, 0.2) is 0 Å². The summed E-state index contributed by atoms with van der Waals surface area (Å²) in [5.41, 5.74) is 5.55. The number of hydrogen-bond donors (Lipinski definition) is 3. The monoisotopic (exact) mass is 616 g/mol. The van der Waals surface area contributed by atoms with Crippen LogP contribution in [0.5, 0.6) is 0 Å². The zero-order valence-corrected chi connectivity index (χ0v) is 29.4. The van der Waals surface area contributed by atoms with Crippen molar-refractivity contribution in [1.29, 1.82) is 0 Å². The average Bonchev–Trinajstić information content (AvgIpc) is 2.96. The van der Waals surface area contributed by atoms with Gasteiger partial charge in [-0.2, -0.15) is 0 Å². The Morgan fingerprint density at radius 2 is 0.429 bits per heavy atom. The van der Waals surface area contributed by atoms with Crippen molar-refractivity contribution < 1.29 is 14.4 Å². The van der Waals surface area contributed by atoms with Crippen LogP contribution in [-0.4, -0.2) is 22.5 Å². The molecule has 0 aromatic heterocycles. The first-order chi connectivity index (χ1) is 20.6. The third-order valence-corrected chi connectivity index (χ3v) is 10.1. The fourth-order valence-corrected chi connectivity index (χ4v) is 6.93. The highest BCUT2D eigenvalue weighted by Crippen LogP contribution is 2.35. The van der Waals surface area contributed by atoms with E-state index < -0.39 is 7.60 Å². The summed E-state index contributed by atoms with van der Waals surface area (Å²) < 4.78 is 10.8. The average molecular weight is 616 g/mol. The first kappa shape index (κ1) is 42.1. The van der Waals surface area contributed by atoms with Gasteiger partial charge >= 0.3 is 7.60 Å². The lowest BCUT2D eigenvalue weighted by Gasteiger charge is -2.05. The minimum atomic E-state index is -3.77. The van der Waals surface area contributed by atoms with Gasteiger partial charge in [0.25, 0.3) is 0 Å². The zero-order valence-electron chi connectivity index (χ0n) is 28.5. The Kier molecular flexibility index (Phi) is 35.7. The van der Waals surface area contributed by atoms with E-state index in [0.29, 0.717) is 6.42 Å². The molecular formula is C37H78NO3P. The van der Waals surface area contributed by atoms with E-state index in [0.717, 1.165) is 19.4 Å². The van der Waals surface area contributed by atoms with Gasteiger partial charge < -0.3 is 15.5 Å². The van der Waals surface area contributed by atoms with E-state index in [1.54, 1.807) is 0 Å². The Morgan fingerprint density at radius 1 is 0.286 bits per heavy atom. The number of rotatable bonds is 37. The standard InChI is InChI=1S/C37H78NO3P/c38-36-34-32-30-28-26-24-22-20-18-16-14-12-10-8-6-4-2-1-3-5-7-9-11-13-15-17-19-21-23-25-27-29-31-33-35-37-42(39,40)41/h1-38H2,(H2,39,40,41). The van der Waals surface area contributed by atoms with Crippen molar-refractivity contribution in [3.8, 4) is 0 Å². The molecule has 0 unspecified atom stereocenters. The Labute approximate surface area is 264 Å². The molecule has 0 aromatic carbocycles. The van der Waals surface area contributed by atoms with Gasteiger partial charge in [0.2, 0.25) is 0 Å². The second kappa shape index (κ2) is 35.6. The molecular weight excluding hydrogens is 537 g/mol. The normalized spacial score (nSPS) is 12.0. The van der Waals surface area contributed by atoms with Gasteiger partial charge in [-0.05, 0) is 19.4 Å². The highest BCUT2D eigenvalue weighted by Gasteiger charge is 2.10. The molecule has 0 saturated carbocycles. The van der Waals surface area contributed by atoms with E-state index in [-0.39, 0.29) is 6.16 Å². The predicted octanol–water partition coefficient (Wildman–Crippen LogP) is 12.8. The lowest BCUT2D eigenvalue weighted by Crippen LogP contribution is -1.97. The van der Waals surface area contributed by atoms with Gasteiger partial charge in [0, 0.05) is 6.16 Å². The fourth-order valence-electron chi connectivity index (χ4n) is 6.30. The Hall–Kier alpha value is 0.110. The summed E-state index contributed by atoms with van der Waals surface area (Å²) in [6, 6.07) is 0. The van der Waals surface area contributed by atoms with Gasteiger partial charge in [-0.15, -0.1) is 0 Å². The number of unbranched alkanes of at least 4 members (excludes halogenated alkanes) is 34. The maximum atomic E-state index is 10.8. The summed E-state index contributed by atoms with van der Waals surface area (Å²) in [5, 5.41) is 0. The summed E-state index contributed by atoms with van der Waals surface area (Å²) in [5.74, 6) is 0. The van der Waals surface area contributed by atoms with E-state index in [9.17, 15) is 4.57 Å². The van der Waals surface area contributed by atoms with Crippen molar-refractivity contribution in [2.45, 2.75) is 225 Å². The SMILES string of the molecule is NCCCCCCCCCCCCCCCCCCCCCCCCCCCCCCCCCCCCCP(=O)(O)O. The van der Waals surface area contributed by atoms with E-state index in [1.807, 2.05) is 0 Å². The van der Waals surface area contributed by atoms with Crippen molar-refractivity contribution in [2.75, 3.05) is 12.7 Å². The molecule has 0 aliphatic rings. The third kappa shape index (κ3) is 40.1. The topological polar surface area (TPSA) is 83.6 Å². The fraction of sp³-hybridized carbons (Fsp3) is 1.00. The van der Waals surface area contributed by atoms with Crippen LogP contribution in [0.3, 0.4) is 0 Å². The molecule has 5 heteroatoms. The maximum Gasteiger partial charge on any atom is 0.325 e. The van der Waals surface area contributed by atoms with Gasteiger partial charge in [-0.1, -0.05) is 212 Å². The van der Waals surface area contributed by atoms with Gasteiger partial charge in [-0.3, -0.25) is 4.57 Å². The van der Waals surface area contributed by atoms with Crippen molar-refractivity contribution in [2.24, 2.45) is 5.73 Å². The predicted molar refractivity (Wildman–Crippen MR) is 188 cm³/mol. The van der Waals surface area contributed by atoms with Crippen LogP contribution in [0, 0.1) is 0 Å². The molecule has 42 heavy (non-hydrogen) atoms. The maximum absolute atomic E-state index is 10.8. The van der Waals surface area contributed by atoms with Gasteiger partial charge in [0.15, 0.2) is 0 Å². The van der Waals surface area contributed by atoms with E-state index in [1.165, 1.54) is 205 Å². The first-order valence-electron chi connectivity index (χ1n) is 19.3. The van der Waals surface area contributed by atoms with E-state index in [2.05, 4.69) is 0 Å². The molecule has 0 spiro atoms. The summed E-state index contributed by atoms with van der Waals surface area (Å²) in [7, 11) is -3.77. The second-order valence-corrected chi connectivity index (χ2v) is 15.3. The van der Waals surface area contributed by atoms with Gasteiger partial charge in [0.05, 0.1) is 0 Å². The Bertz CT molecular complexity index is 539. The molecule has 0 aliphatic heterocycles. The summed E-state index contributed by atoms with van der Waals surface area (Å²) in [6.07, 6.45) is 48.2. The Balaban J connectivity index is 3.05. The zero-order chi connectivity index (χ0) is 30.7. The van der Waals surface area contributed by atoms with Crippen LogP contribution < -0.4 is 5.73 Å². The highest BCUT2D eigenvalue weighted by atomic mass is 31.2. The molecule has 0 rings (SSSR count). The molecule has 4 N–H and O–H groups in total.